The van der Waals surface area contributed by atoms with Crippen LogP contribution >= 0.6 is 0 Å². The Kier molecular flexibility index (Phi) is 3.70. The van der Waals surface area contributed by atoms with E-state index in [-0.39, 0.29) is 17.6 Å². The molecule has 1 aliphatic rings. The van der Waals surface area contributed by atoms with Crippen LogP contribution in [0.25, 0.3) is 11.2 Å². The highest BCUT2D eigenvalue weighted by Crippen LogP contribution is 2.08. The molecule has 1 atom stereocenters. The molecule has 0 aliphatic carbocycles. The van der Waals surface area contributed by atoms with Crippen molar-refractivity contribution in [2.75, 3.05) is 19.6 Å². The van der Waals surface area contributed by atoms with E-state index in [1.54, 1.807) is 0 Å². The molecule has 1 fully saturated rings. The molecular formula is C13H17N5O2. The lowest BCUT2D eigenvalue weighted by Crippen LogP contribution is -2.35. The van der Waals surface area contributed by atoms with E-state index in [0.29, 0.717) is 12.2 Å². The van der Waals surface area contributed by atoms with Gasteiger partial charge in [0.25, 0.3) is 5.56 Å². The number of nitrogens with zero attached hydrogens (tertiary/aromatic N) is 5. The molecule has 20 heavy (non-hydrogen) atoms. The van der Waals surface area contributed by atoms with Crippen LogP contribution in [0.5, 0.6) is 0 Å². The standard InChI is InChI=1S/C13H17N5O2/c19-10(7-17-5-1-2-6-17)8-18-9-16-12-11(13(18)20)14-3-4-15-12/h3-4,9-10,19H,1-2,5-8H2/t10-/m1/s1. The van der Waals surface area contributed by atoms with E-state index >= 15 is 0 Å². The van der Waals surface area contributed by atoms with Gasteiger partial charge in [0.15, 0.2) is 11.2 Å². The van der Waals surface area contributed by atoms with Crippen LogP contribution in [-0.4, -0.2) is 55.3 Å². The maximum absolute atomic E-state index is 12.2. The zero-order valence-corrected chi connectivity index (χ0v) is 11.1. The predicted octanol–water partition coefficient (Wildman–Crippen LogP) is -0.357. The van der Waals surface area contributed by atoms with Crippen LogP contribution < -0.4 is 5.56 Å². The van der Waals surface area contributed by atoms with Gasteiger partial charge < -0.3 is 10.0 Å². The molecule has 2 aromatic rings. The number of rotatable bonds is 4. The Morgan fingerprint density at radius 1 is 1.15 bits per heavy atom. The summed E-state index contributed by atoms with van der Waals surface area (Å²) >= 11 is 0. The first kappa shape index (κ1) is 13.1. The topological polar surface area (TPSA) is 84.1 Å². The maximum Gasteiger partial charge on any atom is 0.281 e. The van der Waals surface area contributed by atoms with Gasteiger partial charge in [-0.15, -0.1) is 0 Å². The molecule has 0 bridgehead atoms. The molecule has 0 aromatic carbocycles. The minimum Gasteiger partial charge on any atom is -0.390 e. The first-order valence-electron chi connectivity index (χ1n) is 6.80. The summed E-state index contributed by atoms with van der Waals surface area (Å²) in [6.45, 7) is 2.86. The summed E-state index contributed by atoms with van der Waals surface area (Å²) in [5.41, 5.74) is 0.315. The van der Waals surface area contributed by atoms with E-state index in [0.717, 1.165) is 13.1 Å². The minimum atomic E-state index is -0.582. The number of hydrogen-bond acceptors (Lipinski definition) is 6. The molecule has 3 heterocycles. The van der Waals surface area contributed by atoms with Crippen LogP contribution in [0.15, 0.2) is 23.5 Å². The number of fused-ring (bicyclic) bond motifs is 1. The lowest BCUT2D eigenvalue weighted by molar-refractivity contribution is 0.108. The number of aliphatic hydroxyl groups is 1. The Hall–Kier alpha value is -1.86. The second kappa shape index (κ2) is 5.64. The van der Waals surface area contributed by atoms with Crippen molar-refractivity contribution in [2.24, 2.45) is 0 Å². The van der Waals surface area contributed by atoms with E-state index in [4.69, 9.17) is 0 Å². The number of likely N-dealkylation sites (tertiary alicyclic amines) is 1. The van der Waals surface area contributed by atoms with E-state index in [1.165, 1.54) is 36.1 Å². The van der Waals surface area contributed by atoms with Crippen molar-refractivity contribution in [2.45, 2.75) is 25.5 Å². The maximum atomic E-state index is 12.2. The fourth-order valence-corrected chi connectivity index (χ4v) is 2.57. The normalized spacial score (nSPS) is 17.6. The van der Waals surface area contributed by atoms with Crippen LogP contribution in [0, 0.1) is 0 Å². The number of hydrogen-bond donors (Lipinski definition) is 1. The van der Waals surface area contributed by atoms with Crippen LogP contribution in [0.2, 0.25) is 0 Å². The van der Waals surface area contributed by atoms with Gasteiger partial charge in [0, 0.05) is 18.9 Å². The molecule has 106 valence electrons. The SMILES string of the molecule is O=c1c2nccnc2ncn1C[C@H](O)CN1CCCC1. The van der Waals surface area contributed by atoms with Gasteiger partial charge in [0.1, 0.15) is 6.33 Å². The van der Waals surface area contributed by atoms with Crippen LogP contribution in [-0.2, 0) is 6.54 Å². The van der Waals surface area contributed by atoms with Crippen molar-refractivity contribution >= 4 is 11.2 Å². The smallest absolute Gasteiger partial charge is 0.281 e. The third-order valence-electron chi connectivity index (χ3n) is 3.54. The van der Waals surface area contributed by atoms with Crippen molar-refractivity contribution < 1.29 is 5.11 Å². The third-order valence-corrected chi connectivity index (χ3v) is 3.54. The second-order valence-corrected chi connectivity index (χ2v) is 5.09. The molecule has 0 amide bonds. The van der Waals surface area contributed by atoms with Crippen molar-refractivity contribution in [3.63, 3.8) is 0 Å². The lowest BCUT2D eigenvalue weighted by Gasteiger charge is -2.19. The van der Waals surface area contributed by atoms with Gasteiger partial charge in [-0.3, -0.25) is 9.36 Å². The Morgan fingerprint density at radius 3 is 2.70 bits per heavy atom. The summed E-state index contributed by atoms with van der Waals surface area (Å²) in [6.07, 6.45) is 6.17. The lowest BCUT2D eigenvalue weighted by atomic mass is 10.3. The van der Waals surface area contributed by atoms with Gasteiger partial charge in [0.05, 0.1) is 12.6 Å². The van der Waals surface area contributed by atoms with Gasteiger partial charge in [-0.25, -0.2) is 15.0 Å². The quantitative estimate of drug-likeness (QED) is 0.820. The minimum absolute atomic E-state index is 0.231. The predicted molar refractivity (Wildman–Crippen MR) is 73.3 cm³/mol. The molecule has 1 N–H and O–H groups in total. The van der Waals surface area contributed by atoms with Gasteiger partial charge in [-0.1, -0.05) is 0 Å². The molecule has 7 heteroatoms. The molecule has 0 unspecified atom stereocenters. The monoisotopic (exact) mass is 275 g/mol. The highest BCUT2D eigenvalue weighted by molar-refractivity contribution is 5.66. The molecule has 1 saturated heterocycles. The first-order valence-corrected chi connectivity index (χ1v) is 6.80. The van der Waals surface area contributed by atoms with Crippen LogP contribution in [0.4, 0.5) is 0 Å². The Bertz CT molecular complexity index is 650. The fraction of sp³-hybridized carbons (Fsp3) is 0.538. The zero-order chi connectivity index (χ0) is 13.9. The molecule has 0 spiro atoms. The van der Waals surface area contributed by atoms with Gasteiger partial charge in [-0.05, 0) is 25.9 Å². The molecule has 3 rings (SSSR count). The second-order valence-electron chi connectivity index (χ2n) is 5.09. The van der Waals surface area contributed by atoms with E-state index in [1.807, 2.05) is 0 Å². The summed E-state index contributed by atoms with van der Waals surface area (Å²) in [5.74, 6) is 0. The van der Waals surface area contributed by atoms with Crippen molar-refractivity contribution in [3.8, 4) is 0 Å². The molecule has 7 nitrogen and oxygen atoms in total. The summed E-state index contributed by atoms with van der Waals surface area (Å²) in [6, 6.07) is 0. The Balaban J connectivity index is 1.76. The highest BCUT2D eigenvalue weighted by atomic mass is 16.3. The van der Waals surface area contributed by atoms with Crippen LogP contribution in [0.3, 0.4) is 0 Å². The molecule has 1 aliphatic heterocycles. The van der Waals surface area contributed by atoms with Crippen molar-refractivity contribution in [3.05, 3.63) is 29.1 Å². The van der Waals surface area contributed by atoms with Crippen molar-refractivity contribution in [1.29, 1.82) is 0 Å². The van der Waals surface area contributed by atoms with Gasteiger partial charge in [0.2, 0.25) is 0 Å². The zero-order valence-electron chi connectivity index (χ0n) is 11.1. The number of β-amino-alcohol motifs (C(OH)–C–C–N with tert-alkyl or cyclic N) is 1. The Morgan fingerprint density at radius 2 is 1.90 bits per heavy atom. The molecule has 2 aromatic heterocycles. The third kappa shape index (κ3) is 2.68. The summed E-state index contributed by atoms with van der Waals surface area (Å²) in [5, 5.41) is 10.1. The van der Waals surface area contributed by atoms with E-state index in [2.05, 4.69) is 19.9 Å². The summed E-state index contributed by atoms with van der Waals surface area (Å²) < 4.78 is 1.40. The van der Waals surface area contributed by atoms with E-state index in [9.17, 15) is 9.90 Å². The number of aliphatic hydroxyl groups excluding tert-OH is 1. The van der Waals surface area contributed by atoms with Gasteiger partial charge >= 0.3 is 0 Å². The first-order chi connectivity index (χ1) is 9.74. The molecular weight excluding hydrogens is 258 g/mol. The highest BCUT2D eigenvalue weighted by Gasteiger charge is 2.17. The van der Waals surface area contributed by atoms with Crippen LogP contribution in [0.1, 0.15) is 12.8 Å². The largest absolute Gasteiger partial charge is 0.390 e. The Labute approximate surface area is 115 Å². The summed E-state index contributed by atoms with van der Waals surface area (Å²) in [4.78, 5) is 26.5. The molecule has 0 radical (unpaired) electrons. The average Bonchev–Trinajstić information content (AvgIpc) is 2.95. The van der Waals surface area contributed by atoms with Gasteiger partial charge in [-0.2, -0.15) is 0 Å². The summed E-state index contributed by atoms with van der Waals surface area (Å²) in [7, 11) is 0. The van der Waals surface area contributed by atoms with Crippen molar-refractivity contribution in [1.82, 2.24) is 24.4 Å². The molecule has 0 saturated carbocycles. The average molecular weight is 275 g/mol. The van der Waals surface area contributed by atoms with E-state index < -0.39 is 6.10 Å². The number of aromatic nitrogens is 4. The fourth-order valence-electron chi connectivity index (χ4n) is 2.57.